The minimum absolute atomic E-state index is 0.00117. The third-order valence-corrected chi connectivity index (χ3v) is 7.02. The van der Waals surface area contributed by atoms with Crippen molar-refractivity contribution >= 4 is 56.0 Å². The van der Waals surface area contributed by atoms with Crippen molar-refractivity contribution in [3.63, 3.8) is 0 Å². The third-order valence-electron chi connectivity index (χ3n) is 4.57. The zero-order chi connectivity index (χ0) is 21.6. The maximum absolute atomic E-state index is 13.1. The number of pyridine rings is 1. The van der Waals surface area contributed by atoms with E-state index < -0.39 is 0 Å². The van der Waals surface area contributed by atoms with Gasteiger partial charge in [-0.05, 0) is 60.2 Å². The standard InChI is InChI=1S/C23H19ClFN3OS2/c24-19-5-1-6-20-22(19)27-23(31-20)28(15-16-4-2-12-26-14-16)21(29)7-3-13-30-18-10-8-17(25)9-11-18/h1-2,4-6,8-12,14H,3,7,13,15H2. The summed E-state index contributed by atoms with van der Waals surface area (Å²) in [6.45, 7) is 0.398. The van der Waals surface area contributed by atoms with Gasteiger partial charge in [-0.15, -0.1) is 11.8 Å². The Morgan fingerprint density at radius 3 is 2.71 bits per heavy atom. The number of fused-ring (bicyclic) bond motifs is 1. The first-order valence-corrected chi connectivity index (χ1v) is 11.9. The first kappa shape index (κ1) is 21.7. The monoisotopic (exact) mass is 471 g/mol. The molecule has 31 heavy (non-hydrogen) atoms. The Morgan fingerprint density at radius 2 is 1.97 bits per heavy atom. The van der Waals surface area contributed by atoms with Crippen molar-refractivity contribution in [1.29, 1.82) is 0 Å². The minimum atomic E-state index is -0.249. The van der Waals surface area contributed by atoms with Gasteiger partial charge in [0.25, 0.3) is 0 Å². The summed E-state index contributed by atoms with van der Waals surface area (Å²) in [5, 5.41) is 1.20. The number of carbonyl (C=O) groups excluding carboxylic acids is 1. The van der Waals surface area contributed by atoms with Gasteiger partial charge in [0.05, 0.1) is 16.3 Å². The van der Waals surface area contributed by atoms with Gasteiger partial charge < -0.3 is 0 Å². The summed E-state index contributed by atoms with van der Waals surface area (Å²) in [5.74, 6) is 0.518. The van der Waals surface area contributed by atoms with Crippen LogP contribution in [0, 0.1) is 5.82 Å². The molecule has 0 atom stereocenters. The molecule has 4 rings (SSSR count). The predicted octanol–water partition coefficient (Wildman–Crippen LogP) is 6.59. The fraction of sp³-hybridized carbons (Fsp3) is 0.174. The molecule has 0 saturated carbocycles. The summed E-state index contributed by atoms with van der Waals surface area (Å²) in [4.78, 5) is 24.6. The summed E-state index contributed by atoms with van der Waals surface area (Å²) in [6, 6.07) is 15.8. The molecular weight excluding hydrogens is 453 g/mol. The number of hydrogen-bond donors (Lipinski definition) is 0. The Labute approximate surface area is 193 Å². The van der Waals surface area contributed by atoms with E-state index in [1.54, 1.807) is 47.3 Å². The normalized spacial score (nSPS) is 11.0. The van der Waals surface area contributed by atoms with Gasteiger partial charge in [0.1, 0.15) is 11.3 Å². The van der Waals surface area contributed by atoms with E-state index in [2.05, 4.69) is 9.97 Å². The molecule has 0 aliphatic rings. The topological polar surface area (TPSA) is 46.1 Å². The van der Waals surface area contributed by atoms with E-state index in [1.807, 2.05) is 24.3 Å². The number of aromatic nitrogens is 2. The molecule has 2 heterocycles. The van der Waals surface area contributed by atoms with E-state index in [1.165, 1.54) is 23.5 Å². The minimum Gasteiger partial charge on any atom is -0.284 e. The number of carbonyl (C=O) groups is 1. The fourth-order valence-electron chi connectivity index (χ4n) is 3.03. The molecule has 0 unspecified atom stereocenters. The van der Waals surface area contributed by atoms with Gasteiger partial charge in [0.15, 0.2) is 5.13 Å². The van der Waals surface area contributed by atoms with Crippen LogP contribution in [0.4, 0.5) is 9.52 Å². The van der Waals surface area contributed by atoms with Crippen LogP contribution >= 0.6 is 34.7 Å². The molecule has 4 aromatic rings. The Morgan fingerprint density at radius 1 is 1.13 bits per heavy atom. The van der Waals surface area contributed by atoms with Gasteiger partial charge in [-0.2, -0.15) is 0 Å². The van der Waals surface area contributed by atoms with Crippen molar-refractivity contribution < 1.29 is 9.18 Å². The van der Waals surface area contributed by atoms with Gasteiger partial charge in [0, 0.05) is 23.7 Å². The van der Waals surface area contributed by atoms with Crippen LogP contribution in [-0.4, -0.2) is 21.6 Å². The molecule has 0 bridgehead atoms. The van der Waals surface area contributed by atoms with Crippen molar-refractivity contribution in [3.05, 3.63) is 83.4 Å². The molecule has 0 aliphatic carbocycles. The van der Waals surface area contributed by atoms with Crippen molar-refractivity contribution in [1.82, 2.24) is 9.97 Å². The van der Waals surface area contributed by atoms with E-state index in [-0.39, 0.29) is 11.7 Å². The molecule has 4 nitrogen and oxygen atoms in total. The van der Waals surface area contributed by atoms with E-state index >= 15 is 0 Å². The highest BCUT2D eigenvalue weighted by molar-refractivity contribution is 7.99. The molecule has 0 N–H and O–H groups in total. The number of benzene rings is 2. The highest BCUT2D eigenvalue weighted by atomic mass is 35.5. The lowest BCUT2D eigenvalue weighted by molar-refractivity contribution is -0.118. The highest BCUT2D eigenvalue weighted by Crippen LogP contribution is 2.34. The molecule has 1 amide bonds. The van der Waals surface area contributed by atoms with Crippen LogP contribution in [0.1, 0.15) is 18.4 Å². The number of thiazole rings is 1. The Balaban J connectivity index is 1.47. The van der Waals surface area contributed by atoms with Gasteiger partial charge in [-0.3, -0.25) is 14.7 Å². The summed E-state index contributed by atoms with van der Waals surface area (Å²) < 4.78 is 14.0. The van der Waals surface area contributed by atoms with Crippen LogP contribution in [0.15, 0.2) is 71.9 Å². The molecule has 0 radical (unpaired) electrons. The molecule has 0 spiro atoms. The largest absolute Gasteiger partial charge is 0.284 e. The highest BCUT2D eigenvalue weighted by Gasteiger charge is 2.20. The van der Waals surface area contributed by atoms with E-state index in [4.69, 9.17) is 11.6 Å². The quantitative estimate of drug-likeness (QED) is 0.215. The molecule has 158 valence electrons. The summed E-state index contributed by atoms with van der Waals surface area (Å²) in [6.07, 6.45) is 4.55. The summed E-state index contributed by atoms with van der Waals surface area (Å²) in [5.41, 5.74) is 1.64. The lowest BCUT2D eigenvalue weighted by atomic mass is 10.2. The zero-order valence-corrected chi connectivity index (χ0v) is 18.9. The van der Waals surface area contributed by atoms with Crippen LogP contribution in [0.5, 0.6) is 0 Å². The number of thioether (sulfide) groups is 1. The molecule has 0 fully saturated rings. The van der Waals surface area contributed by atoms with Crippen molar-refractivity contribution in [2.75, 3.05) is 10.7 Å². The summed E-state index contributed by atoms with van der Waals surface area (Å²) in [7, 11) is 0. The number of amides is 1. The van der Waals surface area contributed by atoms with Crippen LogP contribution in [0.2, 0.25) is 5.02 Å². The fourth-order valence-corrected chi connectivity index (χ4v) is 5.17. The molecule has 8 heteroatoms. The second-order valence-electron chi connectivity index (χ2n) is 6.83. The molecular formula is C23H19ClFN3OS2. The molecule has 0 aliphatic heterocycles. The second-order valence-corrected chi connectivity index (χ2v) is 9.41. The van der Waals surface area contributed by atoms with E-state index in [9.17, 15) is 9.18 Å². The van der Waals surface area contributed by atoms with Crippen molar-refractivity contribution in [3.8, 4) is 0 Å². The SMILES string of the molecule is O=C(CCCSc1ccc(F)cc1)N(Cc1cccnc1)c1nc2c(Cl)cccc2s1. The third kappa shape index (κ3) is 5.61. The molecule has 0 saturated heterocycles. The Kier molecular flexibility index (Phi) is 7.17. The van der Waals surface area contributed by atoms with Crippen LogP contribution < -0.4 is 4.90 Å². The summed E-state index contributed by atoms with van der Waals surface area (Å²) >= 11 is 9.35. The van der Waals surface area contributed by atoms with Crippen LogP contribution in [-0.2, 0) is 11.3 Å². The zero-order valence-electron chi connectivity index (χ0n) is 16.5. The van der Waals surface area contributed by atoms with Gasteiger partial charge >= 0.3 is 0 Å². The number of halogens is 2. The number of para-hydroxylation sites is 1. The number of hydrogen-bond acceptors (Lipinski definition) is 5. The first-order valence-electron chi connectivity index (χ1n) is 9.73. The first-order chi connectivity index (χ1) is 15.1. The maximum atomic E-state index is 13.1. The average molecular weight is 472 g/mol. The number of nitrogens with zero attached hydrogens (tertiary/aromatic N) is 3. The van der Waals surface area contributed by atoms with Crippen molar-refractivity contribution in [2.24, 2.45) is 0 Å². The molecule has 2 aromatic heterocycles. The van der Waals surface area contributed by atoms with Crippen LogP contribution in [0.3, 0.4) is 0 Å². The Bertz CT molecular complexity index is 1170. The average Bonchev–Trinajstić information content (AvgIpc) is 3.22. The Hall–Kier alpha value is -2.48. The molecule has 2 aromatic carbocycles. The number of rotatable bonds is 8. The lowest BCUT2D eigenvalue weighted by Gasteiger charge is -2.20. The van der Waals surface area contributed by atoms with Crippen molar-refractivity contribution in [2.45, 2.75) is 24.3 Å². The number of anilines is 1. The van der Waals surface area contributed by atoms with Gasteiger partial charge in [-0.25, -0.2) is 9.37 Å². The van der Waals surface area contributed by atoms with Gasteiger partial charge in [0.2, 0.25) is 5.91 Å². The van der Waals surface area contributed by atoms with Crippen LogP contribution in [0.25, 0.3) is 10.2 Å². The van der Waals surface area contributed by atoms with E-state index in [0.717, 1.165) is 20.9 Å². The smallest absolute Gasteiger partial charge is 0.229 e. The van der Waals surface area contributed by atoms with E-state index in [0.29, 0.717) is 35.1 Å². The maximum Gasteiger partial charge on any atom is 0.229 e. The second kappa shape index (κ2) is 10.2. The van der Waals surface area contributed by atoms with Gasteiger partial charge in [-0.1, -0.05) is 35.1 Å². The predicted molar refractivity (Wildman–Crippen MR) is 126 cm³/mol. The lowest BCUT2D eigenvalue weighted by Crippen LogP contribution is -2.30.